The van der Waals surface area contributed by atoms with Gasteiger partial charge in [0.25, 0.3) is 0 Å². The molecule has 1 heterocycles. The minimum atomic E-state index is 0.875. The van der Waals surface area contributed by atoms with Crippen LogP contribution in [0, 0.1) is 0 Å². The summed E-state index contributed by atoms with van der Waals surface area (Å²) >= 11 is 1.22. The summed E-state index contributed by atoms with van der Waals surface area (Å²) in [4.78, 5) is 0. The third-order valence-corrected chi connectivity index (χ3v) is 4.05. The van der Waals surface area contributed by atoms with Crippen molar-refractivity contribution in [3.05, 3.63) is 72.8 Å². The maximum absolute atomic E-state index is 4.45. The zero-order valence-electron chi connectivity index (χ0n) is 12.2. The van der Waals surface area contributed by atoms with Gasteiger partial charge in [-0.2, -0.15) is 8.75 Å². The SMILES string of the molecule is c1ccc(Nc2ccc(Nc3ccccc3)c3nsnc23)cc1. The van der Waals surface area contributed by atoms with E-state index in [2.05, 4.69) is 19.4 Å². The molecule has 4 rings (SSSR count). The molecule has 0 atom stereocenters. The maximum atomic E-state index is 4.45. The van der Waals surface area contributed by atoms with Gasteiger partial charge in [0.2, 0.25) is 0 Å². The average Bonchev–Trinajstić information content (AvgIpc) is 3.09. The smallest absolute Gasteiger partial charge is 0.130 e. The van der Waals surface area contributed by atoms with Gasteiger partial charge in [-0.15, -0.1) is 0 Å². The van der Waals surface area contributed by atoms with E-state index in [9.17, 15) is 0 Å². The van der Waals surface area contributed by atoms with Gasteiger partial charge >= 0.3 is 0 Å². The number of nitrogens with one attached hydrogen (secondary N) is 2. The number of aromatic nitrogens is 2. The molecule has 0 fully saturated rings. The van der Waals surface area contributed by atoms with Crippen LogP contribution in [0.15, 0.2) is 72.8 Å². The van der Waals surface area contributed by atoms with Crippen LogP contribution in [0.4, 0.5) is 22.7 Å². The van der Waals surface area contributed by atoms with E-state index in [1.54, 1.807) is 0 Å². The molecule has 23 heavy (non-hydrogen) atoms. The molecule has 4 nitrogen and oxygen atoms in total. The summed E-state index contributed by atoms with van der Waals surface area (Å²) in [7, 11) is 0. The van der Waals surface area contributed by atoms with Gasteiger partial charge in [0.05, 0.1) is 23.1 Å². The number of anilines is 4. The Bertz CT molecular complexity index is 844. The first-order valence-electron chi connectivity index (χ1n) is 7.29. The third kappa shape index (κ3) is 2.86. The van der Waals surface area contributed by atoms with Gasteiger partial charge in [-0.3, -0.25) is 0 Å². The first kappa shape index (κ1) is 13.7. The Kier molecular flexibility index (Phi) is 3.62. The Morgan fingerprint density at radius 2 is 1.00 bits per heavy atom. The van der Waals surface area contributed by atoms with Crippen LogP contribution in [-0.4, -0.2) is 8.75 Å². The number of hydrogen-bond acceptors (Lipinski definition) is 5. The zero-order chi connectivity index (χ0) is 15.5. The molecule has 0 bridgehead atoms. The van der Waals surface area contributed by atoms with Crippen LogP contribution in [0.2, 0.25) is 0 Å². The molecule has 0 amide bonds. The first-order valence-corrected chi connectivity index (χ1v) is 8.02. The average molecular weight is 318 g/mol. The second-order valence-corrected chi connectivity index (χ2v) is 5.63. The fraction of sp³-hybridized carbons (Fsp3) is 0. The van der Waals surface area contributed by atoms with E-state index in [1.807, 2.05) is 72.8 Å². The lowest BCUT2D eigenvalue weighted by atomic mass is 10.2. The molecule has 0 unspecified atom stereocenters. The summed E-state index contributed by atoms with van der Waals surface area (Å²) in [6, 6.07) is 24.2. The highest BCUT2D eigenvalue weighted by Crippen LogP contribution is 2.32. The van der Waals surface area contributed by atoms with Gasteiger partial charge in [-0.25, -0.2) is 0 Å². The standard InChI is InChI=1S/C18H14N4S/c1-3-7-13(8-4-1)19-15-11-12-16(18-17(15)21-23-22-18)20-14-9-5-2-6-10-14/h1-12,19-20H. The number of rotatable bonds is 4. The van der Waals surface area contributed by atoms with Crippen LogP contribution in [0.1, 0.15) is 0 Å². The molecule has 3 aromatic carbocycles. The molecule has 4 aromatic rings. The number of nitrogens with zero attached hydrogens (tertiary/aromatic N) is 2. The molecule has 0 aliphatic rings. The fourth-order valence-electron chi connectivity index (χ4n) is 2.42. The van der Waals surface area contributed by atoms with E-state index < -0.39 is 0 Å². The lowest BCUT2D eigenvalue weighted by Gasteiger charge is -2.10. The predicted molar refractivity (Wildman–Crippen MR) is 96.9 cm³/mol. The van der Waals surface area contributed by atoms with E-state index >= 15 is 0 Å². The van der Waals surface area contributed by atoms with Crippen molar-refractivity contribution >= 4 is 45.5 Å². The Morgan fingerprint density at radius 1 is 0.565 bits per heavy atom. The molecule has 0 spiro atoms. The fourth-order valence-corrected chi connectivity index (χ4v) is 3.00. The summed E-state index contributed by atoms with van der Waals surface area (Å²) in [5.41, 5.74) is 5.73. The van der Waals surface area contributed by atoms with Crippen molar-refractivity contribution in [3.63, 3.8) is 0 Å². The largest absolute Gasteiger partial charge is 0.354 e. The van der Waals surface area contributed by atoms with Crippen molar-refractivity contribution in [3.8, 4) is 0 Å². The van der Waals surface area contributed by atoms with Crippen molar-refractivity contribution < 1.29 is 0 Å². The quantitative estimate of drug-likeness (QED) is 0.544. The van der Waals surface area contributed by atoms with Crippen LogP contribution in [0.25, 0.3) is 11.0 Å². The lowest BCUT2D eigenvalue weighted by molar-refractivity contribution is 1.52. The van der Waals surface area contributed by atoms with Crippen LogP contribution >= 0.6 is 11.7 Å². The summed E-state index contributed by atoms with van der Waals surface area (Å²) in [6.07, 6.45) is 0. The molecule has 2 N–H and O–H groups in total. The van der Waals surface area contributed by atoms with Gasteiger partial charge in [0, 0.05) is 11.4 Å². The molecule has 0 saturated carbocycles. The summed E-state index contributed by atoms with van der Waals surface area (Å²) in [6.45, 7) is 0. The highest BCUT2D eigenvalue weighted by molar-refractivity contribution is 7.00. The van der Waals surface area contributed by atoms with Gasteiger partial charge in [0.1, 0.15) is 11.0 Å². The van der Waals surface area contributed by atoms with E-state index in [0.717, 1.165) is 33.8 Å². The molecule has 0 saturated heterocycles. The van der Waals surface area contributed by atoms with Gasteiger partial charge in [-0.1, -0.05) is 36.4 Å². The molecule has 112 valence electrons. The summed E-state index contributed by atoms with van der Waals surface area (Å²) in [5, 5.41) is 6.80. The Morgan fingerprint density at radius 3 is 1.43 bits per heavy atom. The van der Waals surface area contributed by atoms with Gasteiger partial charge in [-0.05, 0) is 36.4 Å². The minimum Gasteiger partial charge on any atom is -0.354 e. The van der Waals surface area contributed by atoms with Crippen LogP contribution in [0.3, 0.4) is 0 Å². The molecule has 0 radical (unpaired) electrons. The highest BCUT2D eigenvalue weighted by Gasteiger charge is 2.10. The Labute approximate surface area is 138 Å². The molecular weight excluding hydrogens is 304 g/mol. The molecule has 0 aliphatic heterocycles. The van der Waals surface area contributed by atoms with Crippen molar-refractivity contribution in [1.82, 2.24) is 8.75 Å². The van der Waals surface area contributed by atoms with E-state index in [4.69, 9.17) is 0 Å². The van der Waals surface area contributed by atoms with Gasteiger partial charge < -0.3 is 10.6 Å². The molecular formula is C18H14N4S. The number of para-hydroxylation sites is 2. The van der Waals surface area contributed by atoms with Crippen molar-refractivity contribution in [2.75, 3.05) is 10.6 Å². The minimum absolute atomic E-state index is 0.875. The number of hydrogen-bond donors (Lipinski definition) is 2. The number of fused-ring (bicyclic) bond motifs is 1. The van der Waals surface area contributed by atoms with E-state index in [0.29, 0.717) is 0 Å². The van der Waals surface area contributed by atoms with Crippen LogP contribution in [-0.2, 0) is 0 Å². The highest BCUT2D eigenvalue weighted by atomic mass is 32.1. The second kappa shape index (κ2) is 6.06. The Balaban J connectivity index is 1.70. The zero-order valence-corrected chi connectivity index (χ0v) is 13.0. The van der Waals surface area contributed by atoms with Crippen molar-refractivity contribution in [1.29, 1.82) is 0 Å². The third-order valence-electron chi connectivity index (χ3n) is 3.52. The molecule has 5 heteroatoms. The van der Waals surface area contributed by atoms with E-state index in [-0.39, 0.29) is 0 Å². The Hall–Kier alpha value is -2.92. The molecule has 1 aromatic heterocycles. The van der Waals surface area contributed by atoms with Gasteiger partial charge in [0.15, 0.2) is 0 Å². The normalized spacial score (nSPS) is 10.6. The first-order chi connectivity index (χ1) is 11.4. The monoisotopic (exact) mass is 318 g/mol. The second-order valence-electron chi connectivity index (χ2n) is 5.10. The number of benzene rings is 3. The van der Waals surface area contributed by atoms with Crippen LogP contribution in [0.5, 0.6) is 0 Å². The predicted octanol–water partition coefficient (Wildman–Crippen LogP) is 5.18. The summed E-state index contributed by atoms with van der Waals surface area (Å²) < 4.78 is 8.89. The van der Waals surface area contributed by atoms with E-state index in [1.165, 1.54) is 11.7 Å². The van der Waals surface area contributed by atoms with Crippen molar-refractivity contribution in [2.45, 2.75) is 0 Å². The summed E-state index contributed by atoms with van der Waals surface area (Å²) in [5.74, 6) is 0. The lowest BCUT2D eigenvalue weighted by Crippen LogP contribution is -1.95. The molecule has 0 aliphatic carbocycles. The van der Waals surface area contributed by atoms with Crippen LogP contribution < -0.4 is 10.6 Å². The topological polar surface area (TPSA) is 49.8 Å². The van der Waals surface area contributed by atoms with Crippen molar-refractivity contribution in [2.24, 2.45) is 0 Å². The maximum Gasteiger partial charge on any atom is 0.130 e.